The Labute approximate surface area is 55.2 Å². The summed E-state index contributed by atoms with van der Waals surface area (Å²) in [5.41, 5.74) is 0.533. The van der Waals surface area contributed by atoms with E-state index in [4.69, 9.17) is 11.7 Å². The van der Waals surface area contributed by atoms with Crippen molar-refractivity contribution in [1.29, 1.82) is 5.26 Å². The zero-order chi connectivity index (χ0) is 7.11. The van der Waals surface area contributed by atoms with Crippen LogP contribution in [0.1, 0.15) is 6.42 Å². The lowest BCUT2D eigenvalue weighted by molar-refractivity contribution is 0.836. The van der Waals surface area contributed by atoms with Crippen LogP contribution in [0.25, 0.3) is 0 Å². The van der Waals surface area contributed by atoms with Gasteiger partial charge in [0.1, 0.15) is 0 Å². The van der Waals surface area contributed by atoms with Gasteiger partial charge in [-0.15, -0.1) is 6.42 Å². The van der Waals surface area contributed by atoms with E-state index in [1.54, 1.807) is 0 Å². The highest BCUT2D eigenvalue weighted by atomic mass is 14.9. The highest BCUT2D eigenvalue weighted by Gasteiger charge is 1.83. The summed E-state index contributed by atoms with van der Waals surface area (Å²) >= 11 is 0. The first kappa shape index (κ1) is 7.59. The standard InChI is InChI=1S/C7H8N2/c1-3-7(2)9-6-4-5-8/h1,9H,2,4,6H2. The average molecular weight is 120 g/mol. The summed E-state index contributed by atoms with van der Waals surface area (Å²) in [6.45, 7) is 4.07. The summed E-state index contributed by atoms with van der Waals surface area (Å²) in [5.74, 6) is 2.31. The first-order valence-electron chi connectivity index (χ1n) is 2.57. The summed E-state index contributed by atoms with van der Waals surface area (Å²) < 4.78 is 0. The Bertz CT molecular complexity index is 168. The number of nitrogens with one attached hydrogen (secondary N) is 1. The van der Waals surface area contributed by atoms with E-state index in [2.05, 4.69) is 17.8 Å². The van der Waals surface area contributed by atoms with E-state index < -0.39 is 0 Å². The lowest BCUT2D eigenvalue weighted by Gasteiger charge is -1.97. The molecule has 46 valence electrons. The Hall–Kier alpha value is -1.41. The van der Waals surface area contributed by atoms with Crippen LogP contribution >= 0.6 is 0 Å². The smallest absolute Gasteiger partial charge is 0.0778 e. The molecule has 0 amide bonds. The van der Waals surface area contributed by atoms with Gasteiger partial charge in [0.25, 0.3) is 0 Å². The molecule has 0 aliphatic rings. The minimum atomic E-state index is 0.459. The molecule has 0 rings (SSSR count). The third kappa shape index (κ3) is 4.44. The molecule has 0 aromatic carbocycles. The van der Waals surface area contributed by atoms with Gasteiger partial charge in [0.05, 0.1) is 18.2 Å². The Kier molecular flexibility index (Phi) is 4.00. The molecule has 0 radical (unpaired) electrons. The molecule has 0 unspecified atom stereocenters. The summed E-state index contributed by atoms with van der Waals surface area (Å²) in [5, 5.41) is 10.9. The predicted octanol–water partition coefficient (Wildman–Crippen LogP) is 0.637. The highest BCUT2D eigenvalue weighted by Crippen LogP contribution is 1.78. The van der Waals surface area contributed by atoms with Crippen LogP contribution in [0.3, 0.4) is 0 Å². The molecule has 0 aromatic rings. The van der Waals surface area contributed by atoms with Gasteiger partial charge in [-0.05, 0) is 0 Å². The maximum Gasteiger partial charge on any atom is 0.0778 e. The number of hydrogen-bond donors (Lipinski definition) is 1. The summed E-state index contributed by atoms with van der Waals surface area (Å²) in [6, 6.07) is 1.97. The molecule has 9 heavy (non-hydrogen) atoms. The molecule has 0 fully saturated rings. The van der Waals surface area contributed by atoms with Crippen LogP contribution in [-0.2, 0) is 0 Å². The summed E-state index contributed by atoms with van der Waals surface area (Å²) in [6.07, 6.45) is 5.42. The third-order valence-electron chi connectivity index (χ3n) is 0.749. The Morgan fingerprint density at radius 3 is 2.89 bits per heavy atom. The molecule has 0 atom stereocenters. The quantitative estimate of drug-likeness (QED) is 0.438. The van der Waals surface area contributed by atoms with E-state index in [1.165, 1.54) is 0 Å². The lowest BCUT2D eigenvalue weighted by atomic mass is 10.4. The first-order chi connectivity index (χ1) is 4.31. The second kappa shape index (κ2) is 4.74. The second-order valence-electron chi connectivity index (χ2n) is 1.46. The molecule has 0 aliphatic heterocycles. The van der Waals surface area contributed by atoms with Crippen molar-refractivity contribution in [2.24, 2.45) is 0 Å². The molecular formula is C7H8N2. The summed E-state index contributed by atoms with van der Waals surface area (Å²) in [7, 11) is 0. The second-order valence-corrected chi connectivity index (χ2v) is 1.46. The Balaban J connectivity index is 3.23. The molecule has 0 heterocycles. The van der Waals surface area contributed by atoms with E-state index in [9.17, 15) is 0 Å². The molecule has 0 spiro atoms. The minimum Gasteiger partial charge on any atom is -0.378 e. The Morgan fingerprint density at radius 2 is 2.44 bits per heavy atom. The number of nitrogens with zero attached hydrogens (tertiary/aromatic N) is 1. The molecular weight excluding hydrogens is 112 g/mol. The molecule has 0 bridgehead atoms. The SMILES string of the molecule is C#CC(=C)NCCC#N. The van der Waals surface area contributed by atoms with E-state index in [0.717, 1.165) is 0 Å². The molecule has 0 aliphatic carbocycles. The van der Waals surface area contributed by atoms with Crippen molar-refractivity contribution in [2.45, 2.75) is 6.42 Å². The van der Waals surface area contributed by atoms with Crippen LogP contribution in [0, 0.1) is 23.7 Å². The van der Waals surface area contributed by atoms with Crippen molar-refractivity contribution < 1.29 is 0 Å². The zero-order valence-electron chi connectivity index (χ0n) is 5.15. The van der Waals surface area contributed by atoms with Crippen LogP contribution in [0.4, 0.5) is 0 Å². The van der Waals surface area contributed by atoms with E-state index >= 15 is 0 Å². The van der Waals surface area contributed by atoms with E-state index in [-0.39, 0.29) is 0 Å². The maximum absolute atomic E-state index is 8.08. The van der Waals surface area contributed by atoms with Crippen LogP contribution in [0.15, 0.2) is 12.3 Å². The first-order valence-corrected chi connectivity index (χ1v) is 2.57. The molecule has 0 aromatic heterocycles. The fourth-order valence-electron chi connectivity index (χ4n) is 0.320. The fraction of sp³-hybridized carbons (Fsp3) is 0.286. The molecule has 0 saturated heterocycles. The van der Waals surface area contributed by atoms with Crippen LogP contribution in [-0.4, -0.2) is 6.54 Å². The average Bonchev–Trinajstić information content (AvgIpc) is 1.89. The monoisotopic (exact) mass is 120 g/mol. The highest BCUT2D eigenvalue weighted by molar-refractivity contribution is 5.18. The molecule has 0 saturated carbocycles. The Morgan fingerprint density at radius 1 is 1.78 bits per heavy atom. The topological polar surface area (TPSA) is 35.8 Å². The van der Waals surface area contributed by atoms with Crippen LogP contribution < -0.4 is 5.32 Å². The lowest BCUT2D eigenvalue weighted by Crippen LogP contribution is -2.11. The van der Waals surface area contributed by atoms with E-state index in [0.29, 0.717) is 18.7 Å². The zero-order valence-corrected chi connectivity index (χ0v) is 5.15. The maximum atomic E-state index is 8.08. The van der Waals surface area contributed by atoms with Crippen LogP contribution in [0.2, 0.25) is 0 Å². The normalized spacial score (nSPS) is 6.89. The van der Waals surface area contributed by atoms with E-state index in [1.807, 2.05) is 6.07 Å². The van der Waals surface area contributed by atoms with Crippen molar-refractivity contribution >= 4 is 0 Å². The largest absolute Gasteiger partial charge is 0.378 e. The van der Waals surface area contributed by atoms with Crippen molar-refractivity contribution in [3.8, 4) is 18.4 Å². The van der Waals surface area contributed by atoms with Gasteiger partial charge in [0, 0.05) is 6.54 Å². The number of rotatable bonds is 3. The number of nitriles is 1. The van der Waals surface area contributed by atoms with Gasteiger partial charge in [-0.3, -0.25) is 0 Å². The molecule has 2 nitrogen and oxygen atoms in total. The predicted molar refractivity (Wildman–Crippen MR) is 36.2 cm³/mol. The van der Waals surface area contributed by atoms with Gasteiger partial charge in [0.15, 0.2) is 0 Å². The van der Waals surface area contributed by atoms with Crippen LogP contribution in [0.5, 0.6) is 0 Å². The number of allylic oxidation sites excluding steroid dienone is 1. The van der Waals surface area contributed by atoms with Crippen molar-refractivity contribution in [3.05, 3.63) is 12.3 Å². The number of hydrogen-bond acceptors (Lipinski definition) is 2. The van der Waals surface area contributed by atoms with Crippen molar-refractivity contribution in [3.63, 3.8) is 0 Å². The fourth-order valence-corrected chi connectivity index (χ4v) is 0.320. The van der Waals surface area contributed by atoms with Crippen molar-refractivity contribution in [2.75, 3.05) is 6.54 Å². The van der Waals surface area contributed by atoms with Gasteiger partial charge < -0.3 is 5.32 Å². The molecule has 2 heteroatoms. The van der Waals surface area contributed by atoms with Gasteiger partial charge in [-0.1, -0.05) is 12.5 Å². The molecule has 1 N–H and O–H groups in total. The van der Waals surface area contributed by atoms with Gasteiger partial charge >= 0.3 is 0 Å². The van der Waals surface area contributed by atoms with Gasteiger partial charge in [-0.2, -0.15) is 5.26 Å². The summed E-state index contributed by atoms with van der Waals surface area (Å²) in [4.78, 5) is 0. The number of terminal acetylenes is 1. The van der Waals surface area contributed by atoms with Crippen molar-refractivity contribution in [1.82, 2.24) is 5.32 Å². The minimum absolute atomic E-state index is 0.459. The van der Waals surface area contributed by atoms with Gasteiger partial charge in [-0.25, -0.2) is 0 Å². The third-order valence-corrected chi connectivity index (χ3v) is 0.749. The van der Waals surface area contributed by atoms with Gasteiger partial charge in [0.2, 0.25) is 0 Å².